The quantitative estimate of drug-likeness (QED) is 0.696. The third kappa shape index (κ3) is 2.82. The van der Waals surface area contributed by atoms with Crippen LogP contribution in [0.25, 0.3) is 0 Å². The van der Waals surface area contributed by atoms with Gasteiger partial charge < -0.3 is 10.5 Å². The Morgan fingerprint density at radius 2 is 2.43 bits per heavy atom. The average molecular weight is 217 g/mol. The molecular formula is C7H9ClN4O2. The van der Waals surface area contributed by atoms with E-state index in [2.05, 4.69) is 15.3 Å². The Labute approximate surface area is 85.4 Å². The molecule has 0 unspecified atom stereocenters. The Hall–Kier alpha value is -1.40. The van der Waals surface area contributed by atoms with Crippen molar-refractivity contribution in [3.05, 3.63) is 11.2 Å². The molecule has 3 N–H and O–H groups in total. The van der Waals surface area contributed by atoms with E-state index in [1.165, 1.54) is 13.2 Å². The molecule has 0 aliphatic heterocycles. The summed E-state index contributed by atoms with van der Waals surface area (Å²) in [6.07, 6.45) is 0. The summed E-state index contributed by atoms with van der Waals surface area (Å²) < 4.78 is 4.83. The minimum Gasteiger partial charge on any atom is -0.481 e. The molecule has 76 valence electrons. The van der Waals surface area contributed by atoms with Gasteiger partial charge >= 0.3 is 0 Å². The van der Waals surface area contributed by atoms with Crippen LogP contribution in [-0.4, -0.2) is 29.5 Å². The van der Waals surface area contributed by atoms with Gasteiger partial charge in [-0.05, 0) is 0 Å². The summed E-state index contributed by atoms with van der Waals surface area (Å²) in [4.78, 5) is 18.5. The maximum Gasteiger partial charge on any atom is 0.240 e. The zero-order valence-electron chi connectivity index (χ0n) is 7.45. The Kier molecular flexibility index (Phi) is 3.61. The molecule has 1 aromatic heterocycles. The lowest BCUT2D eigenvalue weighted by molar-refractivity contribution is -0.114. The van der Waals surface area contributed by atoms with E-state index in [0.29, 0.717) is 0 Å². The number of amides is 1. The Balaban J connectivity index is 2.86. The van der Waals surface area contributed by atoms with Gasteiger partial charge in [0, 0.05) is 6.07 Å². The predicted octanol–water partition coefficient (Wildman–Crippen LogP) is 0.0358. The topological polar surface area (TPSA) is 90.1 Å². The molecule has 0 fully saturated rings. The van der Waals surface area contributed by atoms with Crippen molar-refractivity contribution in [2.24, 2.45) is 5.73 Å². The molecule has 0 saturated carbocycles. The van der Waals surface area contributed by atoms with Gasteiger partial charge in [0.15, 0.2) is 0 Å². The number of rotatable bonds is 3. The lowest BCUT2D eigenvalue weighted by Gasteiger charge is -2.04. The lowest BCUT2D eigenvalue weighted by atomic mass is 10.6. The van der Waals surface area contributed by atoms with Crippen LogP contribution in [0.5, 0.6) is 5.88 Å². The second-order valence-electron chi connectivity index (χ2n) is 2.31. The molecule has 14 heavy (non-hydrogen) atoms. The van der Waals surface area contributed by atoms with Crippen LogP contribution >= 0.6 is 11.6 Å². The highest BCUT2D eigenvalue weighted by molar-refractivity contribution is 6.29. The van der Waals surface area contributed by atoms with Gasteiger partial charge in [-0.2, -0.15) is 4.98 Å². The Bertz CT molecular complexity index is 344. The van der Waals surface area contributed by atoms with Crippen molar-refractivity contribution in [1.29, 1.82) is 0 Å². The molecular weight excluding hydrogens is 208 g/mol. The highest BCUT2D eigenvalue weighted by Gasteiger charge is 2.05. The van der Waals surface area contributed by atoms with Crippen LogP contribution in [0.3, 0.4) is 0 Å². The molecule has 0 bridgehead atoms. The van der Waals surface area contributed by atoms with Crippen molar-refractivity contribution < 1.29 is 9.53 Å². The van der Waals surface area contributed by atoms with E-state index in [1.54, 1.807) is 0 Å². The van der Waals surface area contributed by atoms with Crippen LogP contribution in [0.15, 0.2) is 6.07 Å². The van der Waals surface area contributed by atoms with Crippen LogP contribution in [0.1, 0.15) is 0 Å². The van der Waals surface area contributed by atoms with Gasteiger partial charge in [0.25, 0.3) is 0 Å². The summed E-state index contributed by atoms with van der Waals surface area (Å²) in [6, 6.07) is 1.43. The predicted molar refractivity (Wildman–Crippen MR) is 51.3 cm³/mol. The molecule has 6 nitrogen and oxygen atoms in total. The van der Waals surface area contributed by atoms with Crippen molar-refractivity contribution in [2.75, 3.05) is 19.0 Å². The standard InChI is InChI=1S/C7H9ClN4O2/c1-14-6-2-4(8)10-7(12-6)11-5(13)3-9/h2H,3,9H2,1H3,(H,10,11,12,13). The number of aromatic nitrogens is 2. The van der Waals surface area contributed by atoms with Crippen molar-refractivity contribution in [1.82, 2.24) is 9.97 Å². The third-order valence-corrected chi connectivity index (χ3v) is 1.51. The third-order valence-electron chi connectivity index (χ3n) is 1.32. The molecule has 0 radical (unpaired) electrons. The second-order valence-corrected chi connectivity index (χ2v) is 2.70. The number of nitrogens with two attached hydrogens (primary N) is 1. The molecule has 0 atom stereocenters. The minimum atomic E-state index is -0.394. The highest BCUT2D eigenvalue weighted by Crippen LogP contribution is 2.15. The molecule has 1 amide bonds. The first-order chi connectivity index (χ1) is 6.65. The van der Waals surface area contributed by atoms with Gasteiger partial charge in [-0.3, -0.25) is 10.1 Å². The first kappa shape index (κ1) is 10.7. The maximum absolute atomic E-state index is 10.9. The largest absolute Gasteiger partial charge is 0.481 e. The Morgan fingerprint density at radius 1 is 1.71 bits per heavy atom. The zero-order valence-corrected chi connectivity index (χ0v) is 8.21. The van der Waals surface area contributed by atoms with Crippen molar-refractivity contribution in [2.45, 2.75) is 0 Å². The van der Waals surface area contributed by atoms with Crippen LogP contribution < -0.4 is 15.8 Å². The molecule has 0 aliphatic carbocycles. The average Bonchev–Trinajstić information content (AvgIpc) is 2.16. The zero-order chi connectivity index (χ0) is 10.6. The van der Waals surface area contributed by atoms with E-state index >= 15 is 0 Å². The maximum atomic E-state index is 10.9. The van der Waals surface area contributed by atoms with E-state index in [-0.39, 0.29) is 23.5 Å². The van der Waals surface area contributed by atoms with Gasteiger partial charge in [0.2, 0.25) is 17.7 Å². The number of anilines is 1. The normalized spacial score (nSPS) is 9.64. The number of hydrogen-bond acceptors (Lipinski definition) is 5. The summed E-state index contributed by atoms with van der Waals surface area (Å²) >= 11 is 5.64. The molecule has 1 aromatic rings. The summed E-state index contributed by atoms with van der Waals surface area (Å²) in [5.41, 5.74) is 5.10. The number of methoxy groups -OCH3 is 1. The first-order valence-electron chi connectivity index (χ1n) is 3.74. The van der Waals surface area contributed by atoms with Crippen molar-refractivity contribution in [3.8, 4) is 5.88 Å². The fraction of sp³-hybridized carbons (Fsp3) is 0.286. The molecule has 0 saturated heterocycles. The van der Waals surface area contributed by atoms with E-state index in [4.69, 9.17) is 22.1 Å². The molecule has 0 aromatic carbocycles. The summed E-state index contributed by atoms with van der Waals surface area (Å²) in [5.74, 6) is -0.0450. The number of nitrogens with one attached hydrogen (secondary N) is 1. The van der Waals surface area contributed by atoms with Gasteiger partial charge in [0.05, 0.1) is 13.7 Å². The monoisotopic (exact) mass is 216 g/mol. The molecule has 0 aliphatic rings. The highest BCUT2D eigenvalue weighted by atomic mass is 35.5. The number of ether oxygens (including phenoxy) is 1. The number of nitrogens with zero attached hydrogens (tertiary/aromatic N) is 2. The van der Waals surface area contributed by atoms with E-state index in [1.807, 2.05) is 0 Å². The number of halogens is 1. The molecule has 7 heteroatoms. The number of hydrogen-bond donors (Lipinski definition) is 2. The van der Waals surface area contributed by atoms with Crippen molar-refractivity contribution in [3.63, 3.8) is 0 Å². The van der Waals surface area contributed by atoms with Crippen LogP contribution in [0.2, 0.25) is 5.15 Å². The summed E-state index contributed by atoms with van der Waals surface area (Å²) in [5, 5.41) is 2.54. The second kappa shape index (κ2) is 4.73. The Morgan fingerprint density at radius 3 is 3.00 bits per heavy atom. The molecule has 1 heterocycles. The van der Waals surface area contributed by atoms with Crippen LogP contribution in [0, 0.1) is 0 Å². The van der Waals surface area contributed by atoms with Crippen LogP contribution in [0.4, 0.5) is 5.95 Å². The van der Waals surface area contributed by atoms with Crippen molar-refractivity contribution >= 4 is 23.5 Å². The van der Waals surface area contributed by atoms with Gasteiger partial charge in [0.1, 0.15) is 5.15 Å². The van der Waals surface area contributed by atoms with E-state index in [0.717, 1.165) is 0 Å². The number of carbonyl (C=O) groups is 1. The lowest BCUT2D eigenvalue weighted by Crippen LogP contribution is -2.23. The molecule has 1 rings (SSSR count). The van der Waals surface area contributed by atoms with E-state index in [9.17, 15) is 4.79 Å². The SMILES string of the molecule is COc1cc(Cl)nc(NC(=O)CN)n1. The summed E-state index contributed by atoms with van der Waals surface area (Å²) in [7, 11) is 1.44. The smallest absolute Gasteiger partial charge is 0.240 e. The molecule has 0 spiro atoms. The van der Waals surface area contributed by atoms with E-state index < -0.39 is 5.91 Å². The fourth-order valence-electron chi connectivity index (χ4n) is 0.733. The summed E-state index contributed by atoms with van der Waals surface area (Å²) in [6.45, 7) is -0.141. The minimum absolute atomic E-state index is 0.0739. The first-order valence-corrected chi connectivity index (χ1v) is 4.12. The van der Waals surface area contributed by atoms with Gasteiger partial charge in [-0.1, -0.05) is 11.6 Å². The van der Waals surface area contributed by atoms with Crippen LogP contribution in [-0.2, 0) is 4.79 Å². The number of carbonyl (C=O) groups excluding carboxylic acids is 1. The van der Waals surface area contributed by atoms with Gasteiger partial charge in [-0.15, -0.1) is 0 Å². The van der Waals surface area contributed by atoms with Gasteiger partial charge in [-0.25, -0.2) is 4.98 Å². The fourth-order valence-corrected chi connectivity index (χ4v) is 0.907.